The molecular weight excluding hydrogens is 386 g/mol. The average Bonchev–Trinajstić information content (AvgIpc) is 2.71. The average molecular weight is 424 g/mol. The lowest BCUT2D eigenvalue weighted by molar-refractivity contribution is -0.121. The number of methoxy groups -OCH3 is 1. The SMILES string of the molecule is CCCCC[C@@H](C/C=C/CCC(=O)NC/C(=C/Cl)C1=C(C)CCC(C)C1=O)OC. The number of carbonyl (C=O) groups excluding carboxylic acids is 2. The number of hydrogen-bond acceptors (Lipinski definition) is 3. The summed E-state index contributed by atoms with van der Waals surface area (Å²) in [6.07, 6.45) is 12.9. The lowest BCUT2D eigenvalue weighted by Gasteiger charge is -2.23. The molecule has 2 atom stereocenters. The minimum Gasteiger partial charge on any atom is -0.381 e. The Labute approximate surface area is 181 Å². The van der Waals surface area contributed by atoms with Gasteiger partial charge in [-0.15, -0.1) is 0 Å². The number of carbonyl (C=O) groups is 2. The van der Waals surface area contributed by atoms with Crippen LogP contribution >= 0.6 is 11.6 Å². The van der Waals surface area contributed by atoms with E-state index in [0.29, 0.717) is 30.5 Å². The van der Waals surface area contributed by atoms with E-state index in [4.69, 9.17) is 16.3 Å². The standard InChI is InChI=1S/C24H38ClNO3/c1-5-6-8-11-21(29-4)12-9-7-10-13-22(27)26-17-20(16-25)23-18(2)14-15-19(3)24(23)28/h7,9,16,19,21H,5-6,8,10-15,17H2,1-4H3,(H,26,27)/b9-7+,20-16-/t19?,21-/m0/s1. The molecule has 0 aromatic heterocycles. The van der Waals surface area contributed by atoms with Crippen LogP contribution in [-0.2, 0) is 14.3 Å². The number of hydrogen-bond donors (Lipinski definition) is 1. The molecule has 1 rings (SSSR count). The molecule has 1 aliphatic carbocycles. The summed E-state index contributed by atoms with van der Waals surface area (Å²) in [6, 6.07) is 0. The predicted octanol–water partition coefficient (Wildman–Crippen LogP) is 5.86. The van der Waals surface area contributed by atoms with E-state index in [0.717, 1.165) is 31.3 Å². The summed E-state index contributed by atoms with van der Waals surface area (Å²) in [5, 5.41) is 2.90. The molecule has 0 spiro atoms. The Morgan fingerprint density at radius 3 is 2.76 bits per heavy atom. The first kappa shape index (κ1) is 25.6. The summed E-state index contributed by atoms with van der Waals surface area (Å²) in [6.45, 7) is 6.41. The number of Topliss-reactive ketones (excluding diaryl/α,β-unsaturated/α-hetero) is 1. The Hall–Kier alpha value is -1.39. The number of halogens is 1. The fourth-order valence-corrected chi connectivity index (χ4v) is 3.76. The quantitative estimate of drug-likeness (QED) is 0.298. The Kier molecular flexibility index (Phi) is 12.9. The van der Waals surface area contributed by atoms with Crippen LogP contribution in [0.1, 0.15) is 78.6 Å². The van der Waals surface area contributed by atoms with E-state index in [1.165, 1.54) is 24.8 Å². The van der Waals surface area contributed by atoms with E-state index in [-0.39, 0.29) is 23.7 Å². The summed E-state index contributed by atoms with van der Waals surface area (Å²) in [4.78, 5) is 24.7. The monoisotopic (exact) mass is 423 g/mol. The highest BCUT2D eigenvalue weighted by Gasteiger charge is 2.27. The molecule has 0 saturated carbocycles. The van der Waals surface area contributed by atoms with Crippen LogP contribution in [0, 0.1) is 5.92 Å². The van der Waals surface area contributed by atoms with Gasteiger partial charge in [-0.3, -0.25) is 9.59 Å². The van der Waals surface area contributed by atoms with Crippen LogP contribution in [0.4, 0.5) is 0 Å². The van der Waals surface area contributed by atoms with Crippen molar-refractivity contribution in [1.29, 1.82) is 0 Å². The van der Waals surface area contributed by atoms with Crippen molar-refractivity contribution in [3.8, 4) is 0 Å². The molecule has 5 heteroatoms. The van der Waals surface area contributed by atoms with Gasteiger partial charge in [0.15, 0.2) is 5.78 Å². The summed E-state index contributed by atoms with van der Waals surface area (Å²) in [5.74, 6) is 0.106. The Morgan fingerprint density at radius 2 is 2.10 bits per heavy atom. The second-order valence-corrected chi connectivity index (χ2v) is 8.19. The summed E-state index contributed by atoms with van der Waals surface area (Å²) in [7, 11) is 1.76. The van der Waals surface area contributed by atoms with Crippen molar-refractivity contribution >= 4 is 23.3 Å². The largest absolute Gasteiger partial charge is 0.381 e. The van der Waals surface area contributed by atoms with E-state index in [1.54, 1.807) is 7.11 Å². The maximum Gasteiger partial charge on any atom is 0.220 e. The number of rotatable bonds is 13. The van der Waals surface area contributed by atoms with Gasteiger partial charge in [-0.2, -0.15) is 0 Å². The van der Waals surface area contributed by atoms with Gasteiger partial charge in [0.25, 0.3) is 0 Å². The van der Waals surface area contributed by atoms with Gasteiger partial charge in [0, 0.05) is 37.1 Å². The molecule has 1 N–H and O–H groups in total. The number of amides is 1. The lowest BCUT2D eigenvalue weighted by Crippen LogP contribution is -2.29. The fourth-order valence-electron chi connectivity index (χ4n) is 3.58. The van der Waals surface area contributed by atoms with Gasteiger partial charge in [0.05, 0.1) is 6.10 Å². The van der Waals surface area contributed by atoms with Gasteiger partial charge in [0.2, 0.25) is 5.91 Å². The lowest BCUT2D eigenvalue weighted by atomic mass is 9.81. The van der Waals surface area contributed by atoms with Crippen molar-refractivity contribution in [3.05, 3.63) is 34.4 Å². The van der Waals surface area contributed by atoms with Crippen LogP contribution in [-0.4, -0.2) is 31.4 Å². The van der Waals surface area contributed by atoms with Crippen molar-refractivity contribution in [2.24, 2.45) is 5.92 Å². The molecule has 164 valence electrons. The van der Waals surface area contributed by atoms with Crippen molar-refractivity contribution in [2.45, 2.75) is 84.7 Å². The first-order chi connectivity index (χ1) is 13.9. The van der Waals surface area contributed by atoms with E-state index < -0.39 is 0 Å². The zero-order valence-electron chi connectivity index (χ0n) is 18.6. The molecule has 0 fully saturated rings. The van der Waals surface area contributed by atoms with Crippen molar-refractivity contribution in [1.82, 2.24) is 5.32 Å². The molecule has 0 aliphatic heterocycles. The molecular formula is C24H38ClNO3. The smallest absolute Gasteiger partial charge is 0.220 e. The maximum absolute atomic E-state index is 12.5. The summed E-state index contributed by atoms with van der Waals surface area (Å²) >= 11 is 5.97. The van der Waals surface area contributed by atoms with Crippen LogP contribution in [0.5, 0.6) is 0 Å². The van der Waals surface area contributed by atoms with Crippen molar-refractivity contribution in [3.63, 3.8) is 0 Å². The number of unbranched alkanes of at least 4 members (excludes halogenated alkanes) is 2. The van der Waals surface area contributed by atoms with E-state index in [9.17, 15) is 9.59 Å². The van der Waals surface area contributed by atoms with E-state index >= 15 is 0 Å². The molecule has 4 nitrogen and oxygen atoms in total. The first-order valence-electron chi connectivity index (χ1n) is 10.9. The zero-order chi connectivity index (χ0) is 21.6. The normalized spacial score (nSPS) is 19.1. The molecule has 29 heavy (non-hydrogen) atoms. The van der Waals surface area contributed by atoms with E-state index in [1.807, 2.05) is 19.9 Å². The van der Waals surface area contributed by atoms with Crippen LogP contribution in [0.15, 0.2) is 34.4 Å². The van der Waals surface area contributed by atoms with Crippen molar-refractivity contribution in [2.75, 3.05) is 13.7 Å². The number of nitrogens with one attached hydrogen (secondary N) is 1. The summed E-state index contributed by atoms with van der Waals surface area (Å²) < 4.78 is 5.50. The number of ketones is 1. The highest BCUT2D eigenvalue weighted by atomic mass is 35.5. The fraction of sp³-hybridized carbons (Fsp3) is 0.667. The van der Waals surface area contributed by atoms with Crippen LogP contribution < -0.4 is 5.32 Å². The van der Waals surface area contributed by atoms with E-state index in [2.05, 4.69) is 18.3 Å². The number of ether oxygens (including phenoxy) is 1. The highest BCUT2D eigenvalue weighted by molar-refractivity contribution is 6.26. The molecule has 0 aromatic carbocycles. The number of allylic oxidation sites excluding steroid dienone is 2. The van der Waals surface area contributed by atoms with Gasteiger partial charge in [-0.25, -0.2) is 0 Å². The topological polar surface area (TPSA) is 55.4 Å². The Balaban J connectivity index is 2.38. The molecule has 1 unspecified atom stereocenters. The molecule has 0 heterocycles. The third-order valence-corrected chi connectivity index (χ3v) is 5.83. The van der Waals surface area contributed by atoms with Gasteiger partial charge in [-0.05, 0) is 44.6 Å². The highest BCUT2D eigenvalue weighted by Crippen LogP contribution is 2.30. The van der Waals surface area contributed by atoms with Gasteiger partial charge in [0.1, 0.15) is 0 Å². The van der Waals surface area contributed by atoms with Crippen LogP contribution in [0.2, 0.25) is 0 Å². The van der Waals surface area contributed by atoms with Crippen molar-refractivity contribution < 1.29 is 14.3 Å². The zero-order valence-corrected chi connectivity index (χ0v) is 19.3. The molecule has 0 saturated heterocycles. The van der Waals surface area contributed by atoms with Gasteiger partial charge < -0.3 is 10.1 Å². The first-order valence-corrected chi connectivity index (χ1v) is 11.4. The maximum atomic E-state index is 12.5. The third-order valence-electron chi connectivity index (χ3n) is 5.57. The second kappa shape index (κ2) is 14.6. The Bertz CT molecular complexity index is 622. The minimum atomic E-state index is -0.0357. The second-order valence-electron chi connectivity index (χ2n) is 7.97. The minimum absolute atomic E-state index is 0.0130. The van der Waals surface area contributed by atoms with Gasteiger partial charge >= 0.3 is 0 Å². The molecule has 0 bridgehead atoms. The van der Waals surface area contributed by atoms with Crippen LogP contribution in [0.3, 0.4) is 0 Å². The molecule has 1 aliphatic rings. The van der Waals surface area contributed by atoms with Gasteiger partial charge in [-0.1, -0.05) is 62.4 Å². The Morgan fingerprint density at radius 1 is 1.34 bits per heavy atom. The molecule has 0 radical (unpaired) electrons. The summed E-state index contributed by atoms with van der Waals surface area (Å²) in [5.41, 5.74) is 3.90. The predicted molar refractivity (Wildman–Crippen MR) is 121 cm³/mol. The third kappa shape index (κ3) is 9.31. The molecule has 0 aromatic rings. The molecule has 1 amide bonds. The van der Waals surface area contributed by atoms with Crippen LogP contribution in [0.25, 0.3) is 0 Å².